The normalized spacial score (nSPS) is 12.6. The fourth-order valence-electron chi connectivity index (χ4n) is 0.925. The van der Waals surface area contributed by atoms with Crippen molar-refractivity contribution in [2.45, 2.75) is 5.92 Å². The zero-order valence-corrected chi connectivity index (χ0v) is 7.61. The largest absolute Gasteiger partial charge is 0.205 e. The fraction of sp³-hybridized carbons (Fsp3) is 0.100. The molecule has 1 aromatic carbocycles. The summed E-state index contributed by atoms with van der Waals surface area (Å²) >= 11 is 5.30. The molecule has 13 heavy (non-hydrogen) atoms. The summed E-state index contributed by atoms with van der Waals surface area (Å²) in [6.07, 6.45) is 1.50. The molecule has 0 spiro atoms. The van der Waals surface area contributed by atoms with E-state index < -0.39 is 16.7 Å². The van der Waals surface area contributed by atoms with E-state index in [0.717, 1.165) is 12.1 Å². The van der Waals surface area contributed by atoms with Gasteiger partial charge in [0.05, 0.1) is 0 Å². The summed E-state index contributed by atoms with van der Waals surface area (Å²) in [4.78, 5) is 0. The van der Waals surface area contributed by atoms with Crippen LogP contribution in [0.2, 0.25) is 5.02 Å². The lowest BCUT2D eigenvalue weighted by Crippen LogP contribution is -1.93. The quantitative estimate of drug-likeness (QED) is 0.505. The molecule has 0 saturated carbocycles. The molecule has 0 heterocycles. The van der Waals surface area contributed by atoms with Gasteiger partial charge in [-0.05, 0) is 24.6 Å². The molecule has 3 heteroatoms. The van der Waals surface area contributed by atoms with Gasteiger partial charge in [-0.3, -0.25) is 0 Å². The van der Waals surface area contributed by atoms with Crippen LogP contribution in [0.25, 0.3) is 0 Å². The molecule has 0 aliphatic rings. The van der Waals surface area contributed by atoms with Crippen molar-refractivity contribution in [1.82, 2.24) is 0 Å². The molecule has 1 aromatic rings. The molecule has 69 valence electrons. The van der Waals surface area contributed by atoms with Crippen LogP contribution in [-0.2, 0) is 0 Å². The van der Waals surface area contributed by atoms with Crippen LogP contribution in [0.3, 0.4) is 0 Å². The number of rotatable bonds is 2. The maximum absolute atomic E-state index is 12.9. The van der Waals surface area contributed by atoms with Crippen molar-refractivity contribution < 1.29 is 8.78 Å². The summed E-state index contributed by atoms with van der Waals surface area (Å²) in [6.45, 7) is 7.12. The van der Waals surface area contributed by atoms with E-state index >= 15 is 0 Å². The Hall–Kier alpha value is -0.890. The summed E-state index contributed by atoms with van der Waals surface area (Å²) in [7, 11) is 0. The van der Waals surface area contributed by atoms with Crippen LogP contribution < -0.4 is 0 Å². The first-order valence-corrected chi connectivity index (χ1v) is 4.04. The van der Waals surface area contributed by atoms with Crippen LogP contribution in [0.1, 0.15) is 11.5 Å². The Balaban J connectivity index is 3.20. The van der Waals surface area contributed by atoms with Gasteiger partial charge in [-0.2, -0.15) is 0 Å². The lowest BCUT2D eigenvalue weighted by Gasteiger charge is -2.07. The Labute approximate surface area is 80.8 Å². The van der Waals surface area contributed by atoms with E-state index in [1.54, 1.807) is 0 Å². The van der Waals surface area contributed by atoms with Crippen LogP contribution in [0, 0.1) is 18.6 Å². The van der Waals surface area contributed by atoms with E-state index in [9.17, 15) is 8.78 Å². The van der Waals surface area contributed by atoms with Gasteiger partial charge < -0.3 is 0 Å². The molecule has 0 nitrogen and oxygen atoms in total. The number of halogens is 3. The van der Waals surface area contributed by atoms with E-state index in [4.69, 9.17) is 11.6 Å². The highest BCUT2D eigenvalue weighted by Crippen LogP contribution is 2.24. The molecule has 0 aliphatic heterocycles. The predicted molar refractivity (Wildman–Crippen MR) is 49.7 cm³/mol. The van der Waals surface area contributed by atoms with Gasteiger partial charge in [0.25, 0.3) is 0 Å². The third-order valence-corrected chi connectivity index (χ3v) is 2.08. The molecule has 0 saturated heterocycles. The first kappa shape index (κ1) is 10.2. The second-order valence-electron chi connectivity index (χ2n) is 2.64. The Morgan fingerprint density at radius 1 is 1.31 bits per heavy atom. The monoisotopic (exact) mass is 201 g/mol. The summed E-state index contributed by atoms with van der Waals surface area (Å²) in [5, 5.41) is -0.486. The van der Waals surface area contributed by atoms with Crippen LogP contribution in [0.4, 0.5) is 8.78 Å². The molecule has 1 atom stereocenters. The van der Waals surface area contributed by atoms with Gasteiger partial charge >= 0.3 is 0 Å². The molecule has 1 radical (unpaired) electrons. The second-order valence-corrected chi connectivity index (χ2v) is 3.02. The van der Waals surface area contributed by atoms with Crippen molar-refractivity contribution in [2.24, 2.45) is 0 Å². The first-order valence-electron chi connectivity index (χ1n) is 3.66. The minimum atomic E-state index is -0.771. The lowest BCUT2D eigenvalue weighted by molar-refractivity contribution is 0.580. The van der Waals surface area contributed by atoms with Gasteiger partial charge in [0.15, 0.2) is 0 Å². The highest BCUT2D eigenvalue weighted by molar-refractivity contribution is 6.30. The molecule has 1 unspecified atom stereocenters. The standard InChI is InChI=1S/C10H8ClF2/c1-3-6(2)7-4-8(12)10(11)9(13)5-7/h3-6H,1-2H2. The van der Waals surface area contributed by atoms with Crippen molar-refractivity contribution in [2.75, 3.05) is 0 Å². The van der Waals surface area contributed by atoms with Crippen molar-refractivity contribution in [3.63, 3.8) is 0 Å². The lowest BCUT2D eigenvalue weighted by atomic mass is 10.0. The van der Waals surface area contributed by atoms with E-state index in [-0.39, 0.29) is 5.92 Å². The van der Waals surface area contributed by atoms with Crippen LogP contribution in [0.15, 0.2) is 24.8 Å². The Bertz CT molecular complexity index is 311. The first-order chi connectivity index (χ1) is 6.06. The molecule has 0 amide bonds. The van der Waals surface area contributed by atoms with Gasteiger partial charge in [-0.1, -0.05) is 17.7 Å². The summed E-state index contributed by atoms with van der Waals surface area (Å²) in [6, 6.07) is 2.32. The van der Waals surface area contributed by atoms with Gasteiger partial charge in [0.2, 0.25) is 0 Å². The van der Waals surface area contributed by atoms with E-state index in [0.29, 0.717) is 5.56 Å². The number of allylic oxidation sites excluding steroid dienone is 1. The van der Waals surface area contributed by atoms with E-state index in [1.807, 2.05) is 0 Å². The highest BCUT2D eigenvalue weighted by atomic mass is 35.5. The SMILES string of the molecule is [CH2]C(C=C)c1cc(F)c(Cl)c(F)c1. The van der Waals surface area contributed by atoms with Crippen molar-refractivity contribution in [3.8, 4) is 0 Å². The van der Waals surface area contributed by atoms with Crippen LogP contribution in [0.5, 0.6) is 0 Å². The smallest absolute Gasteiger partial charge is 0.145 e. The molecule has 0 N–H and O–H groups in total. The zero-order valence-electron chi connectivity index (χ0n) is 6.86. The number of benzene rings is 1. The molecular formula is C10H8ClF2. The number of hydrogen-bond donors (Lipinski definition) is 0. The fourth-order valence-corrected chi connectivity index (χ4v) is 1.03. The summed E-state index contributed by atoms with van der Waals surface area (Å²) in [5.74, 6) is -1.87. The molecular weight excluding hydrogens is 194 g/mol. The molecule has 0 aromatic heterocycles. The minimum absolute atomic E-state index is 0.332. The molecule has 0 aliphatic carbocycles. The minimum Gasteiger partial charge on any atom is -0.205 e. The van der Waals surface area contributed by atoms with Gasteiger partial charge in [0, 0.05) is 5.92 Å². The van der Waals surface area contributed by atoms with E-state index in [1.165, 1.54) is 6.08 Å². The second kappa shape index (κ2) is 3.88. The summed E-state index contributed by atoms with van der Waals surface area (Å²) < 4.78 is 25.8. The Morgan fingerprint density at radius 2 is 1.77 bits per heavy atom. The molecule has 0 fully saturated rings. The summed E-state index contributed by atoms with van der Waals surface area (Å²) in [5.41, 5.74) is 0.425. The molecule has 0 bridgehead atoms. The van der Waals surface area contributed by atoms with Crippen LogP contribution in [-0.4, -0.2) is 0 Å². The molecule has 1 rings (SSSR count). The topological polar surface area (TPSA) is 0 Å². The number of hydrogen-bond acceptors (Lipinski definition) is 0. The average Bonchev–Trinajstić information content (AvgIpc) is 2.12. The Kier molecular flexibility index (Phi) is 3.04. The average molecular weight is 202 g/mol. The third kappa shape index (κ3) is 2.07. The van der Waals surface area contributed by atoms with Crippen molar-refractivity contribution >= 4 is 11.6 Å². The van der Waals surface area contributed by atoms with Crippen LogP contribution >= 0.6 is 11.6 Å². The van der Waals surface area contributed by atoms with Crippen molar-refractivity contribution in [3.05, 3.63) is 53.9 Å². The maximum atomic E-state index is 12.9. The van der Waals surface area contributed by atoms with E-state index in [2.05, 4.69) is 13.5 Å². The zero-order chi connectivity index (χ0) is 10.0. The van der Waals surface area contributed by atoms with Crippen molar-refractivity contribution in [1.29, 1.82) is 0 Å². The van der Waals surface area contributed by atoms with Gasteiger partial charge in [-0.25, -0.2) is 8.78 Å². The highest BCUT2D eigenvalue weighted by Gasteiger charge is 2.10. The third-order valence-electron chi connectivity index (χ3n) is 1.72. The Morgan fingerprint density at radius 3 is 2.15 bits per heavy atom. The van der Waals surface area contributed by atoms with Gasteiger partial charge in [0.1, 0.15) is 16.7 Å². The van der Waals surface area contributed by atoms with Gasteiger partial charge in [-0.15, -0.1) is 6.58 Å². The predicted octanol–water partition coefficient (Wildman–Crippen LogP) is 3.72. The maximum Gasteiger partial charge on any atom is 0.145 e.